The Morgan fingerprint density at radius 2 is 2.03 bits per heavy atom. The number of carboxylic acids is 1. The van der Waals surface area contributed by atoms with Crippen LogP contribution in [0.3, 0.4) is 0 Å². The SMILES string of the molecule is CC(NC(=O)C(Cc1cnc[nH]1)NC(=O)C(N)CCCN=C(N)N)C(=O)N1CCCC1C(=O)O. The second kappa shape index (κ2) is 12.5. The highest BCUT2D eigenvalue weighted by molar-refractivity contribution is 5.94. The first-order chi connectivity index (χ1) is 16.1. The Bertz CT molecular complexity index is 885. The first-order valence-corrected chi connectivity index (χ1v) is 11.0. The molecular weight excluding hydrogens is 446 g/mol. The number of nitrogens with zero attached hydrogens (tertiary/aromatic N) is 3. The van der Waals surface area contributed by atoms with E-state index in [0.717, 1.165) is 0 Å². The summed E-state index contributed by atoms with van der Waals surface area (Å²) in [5.41, 5.74) is 17.1. The minimum absolute atomic E-state index is 0.0541. The van der Waals surface area contributed by atoms with Gasteiger partial charge in [-0.25, -0.2) is 9.78 Å². The lowest BCUT2D eigenvalue weighted by Gasteiger charge is -2.27. The molecule has 14 heteroatoms. The van der Waals surface area contributed by atoms with E-state index in [2.05, 4.69) is 25.6 Å². The van der Waals surface area contributed by atoms with Crippen molar-refractivity contribution in [1.82, 2.24) is 25.5 Å². The van der Waals surface area contributed by atoms with Crippen molar-refractivity contribution in [3.63, 3.8) is 0 Å². The smallest absolute Gasteiger partial charge is 0.326 e. The number of hydrogen-bond donors (Lipinski definition) is 7. The molecule has 0 bridgehead atoms. The van der Waals surface area contributed by atoms with E-state index in [0.29, 0.717) is 44.5 Å². The van der Waals surface area contributed by atoms with Gasteiger partial charge in [-0.15, -0.1) is 0 Å². The van der Waals surface area contributed by atoms with E-state index in [4.69, 9.17) is 17.2 Å². The molecule has 2 heterocycles. The molecule has 14 nitrogen and oxygen atoms in total. The fraction of sp³-hybridized carbons (Fsp3) is 0.600. The van der Waals surface area contributed by atoms with Gasteiger partial charge in [-0.05, 0) is 32.6 Å². The summed E-state index contributed by atoms with van der Waals surface area (Å²) in [5, 5.41) is 14.5. The molecule has 1 saturated heterocycles. The number of aliphatic carboxylic acids is 1. The van der Waals surface area contributed by atoms with Gasteiger partial charge in [-0.2, -0.15) is 0 Å². The van der Waals surface area contributed by atoms with Crippen LogP contribution in [0, 0.1) is 0 Å². The Labute approximate surface area is 196 Å². The van der Waals surface area contributed by atoms with E-state index in [1.807, 2.05) is 0 Å². The van der Waals surface area contributed by atoms with Crippen molar-refractivity contribution in [3.8, 4) is 0 Å². The van der Waals surface area contributed by atoms with Crippen LogP contribution in [0.15, 0.2) is 17.5 Å². The quantitative estimate of drug-likeness (QED) is 0.0943. The van der Waals surface area contributed by atoms with Gasteiger partial charge in [-0.3, -0.25) is 19.4 Å². The fourth-order valence-corrected chi connectivity index (χ4v) is 3.67. The Morgan fingerprint density at radius 3 is 2.65 bits per heavy atom. The van der Waals surface area contributed by atoms with E-state index < -0.39 is 47.9 Å². The van der Waals surface area contributed by atoms with Crippen molar-refractivity contribution in [2.24, 2.45) is 22.2 Å². The Kier molecular flexibility index (Phi) is 9.79. The number of aromatic amines is 1. The average Bonchev–Trinajstić information content (AvgIpc) is 3.47. The molecule has 1 aliphatic rings. The summed E-state index contributed by atoms with van der Waals surface area (Å²) in [6.07, 6.45) is 4.73. The van der Waals surface area contributed by atoms with Crippen LogP contribution < -0.4 is 27.8 Å². The first kappa shape index (κ1) is 26.6. The maximum atomic E-state index is 13.0. The van der Waals surface area contributed by atoms with Crippen molar-refractivity contribution >= 4 is 29.7 Å². The van der Waals surface area contributed by atoms with Gasteiger partial charge in [0.25, 0.3) is 0 Å². The molecule has 188 valence electrons. The van der Waals surface area contributed by atoms with Crippen LogP contribution >= 0.6 is 0 Å². The molecule has 2 rings (SSSR count). The second-order valence-corrected chi connectivity index (χ2v) is 8.16. The van der Waals surface area contributed by atoms with Crippen molar-refractivity contribution < 1.29 is 24.3 Å². The maximum absolute atomic E-state index is 13.0. The molecule has 1 aliphatic heterocycles. The predicted octanol–water partition coefficient (Wildman–Crippen LogP) is -2.60. The van der Waals surface area contributed by atoms with Crippen LogP contribution in [0.1, 0.15) is 38.3 Å². The predicted molar refractivity (Wildman–Crippen MR) is 122 cm³/mol. The van der Waals surface area contributed by atoms with E-state index >= 15 is 0 Å². The van der Waals surface area contributed by atoms with Crippen LogP contribution in [0.2, 0.25) is 0 Å². The summed E-state index contributed by atoms with van der Waals surface area (Å²) < 4.78 is 0. The number of nitrogens with one attached hydrogen (secondary N) is 3. The monoisotopic (exact) mass is 479 g/mol. The number of imidazole rings is 1. The third kappa shape index (κ3) is 7.72. The van der Waals surface area contributed by atoms with Gasteiger partial charge in [0.1, 0.15) is 18.1 Å². The van der Waals surface area contributed by atoms with Crippen molar-refractivity contribution in [3.05, 3.63) is 18.2 Å². The first-order valence-electron chi connectivity index (χ1n) is 11.0. The van der Waals surface area contributed by atoms with Crippen molar-refractivity contribution in [2.45, 2.75) is 63.2 Å². The minimum Gasteiger partial charge on any atom is -0.480 e. The Hall–Kier alpha value is -3.68. The van der Waals surface area contributed by atoms with Crippen molar-refractivity contribution in [2.75, 3.05) is 13.1 Å². The minimum atomic E-state index is -1.08. The number of carbonyl (C=O) groups is 4. The molecule has 10 N–H and O–H groups in total. The number of likely N-dealkylation sites (tertiary alicyclic amines) is 1. The highest BCUT2D eigenvalue weighted by Gasteiger charge is 2.37. The topological polar surface area (TPSA) is 235 Å². The Morgan fingerprint density at radius 1 is 1.29 bits per heavy atom. The molecule has 4 unspecified atom stereocenters. The maximum Gasteiger partial charge on any atom is 0.326 e. The van der Waals surface area contributed by atoms with E-state index in [1.54, 1.807) is 0 Å². The molecule has 1 fully saturated rings. The Balaban J connectivity index is 2.01. The third-order valence-corrected chi connectivity index (χ3v) is 5.47. The number of H-pyrrole nitrogens is 1. The molecule has 0 saturated carbocycles. The lowest BCUT2D eigenvalue weighted by Crippen LogP contribution is -2.57. The van der Waals surface area contributed by atoms with Crippen LogP contribution in [-0.2, 0) is 25.6 Å². The molecule has 0 aliphatic carbocycles. The molecule has 0 aromatic carbocycles. The molecule has 4 atom stereocenters. The zero-order valence-electron chi connectivity index (χ0n) is 19.1. The number of guanidine groups is 1. The van der Waals surface area contributed by atoms with Crippen molar-refractivity contribution in [1.29, 1.82) is 0 Å². The summed E-state index contributed by atoms with van der Waals surface area (Å²) in [4.78, 5) is 61.6. The molecule has 0 spiro atoms. The van der Waals surface area contributed by atoms with Crippen LogP contribution in [0.4, 0.5) is 0 Å². The zero-order valence-corrected chi connectivity index (χ0v) is 19.1. The summed E-state index contributed by atoms with van der Waals surface area (Å²) in [5.74, 6) is -2.79. The van der Waals surface area contributed by atoms with Gasteiger partial charge in [0.05, 0.1) is 12.4 Å². The van der Waals surface area contributed by atoms with Crippen LogP contribution in [0.25, 0.3) is 0 Å². The number of aliphatic imine (C=N–C) groups is 1. The molecule has 1 aromatic heterocycles. The largest absolute Gasteiger partial charge is 0.480 e. The van der Waals surface area contributed by atoms with E-state index in [1.165, 1.54) is 24.3 Å². The van der Waals surface area contributed by atoms with Gasteiger partial charge in [0.2, 0.25) is 17.7 Å². The third-order valence-electron chi connectivity index (χ3n) is 5.47. The lowest BCUT2D eigenvalue weighted by atomic mass is 10.1. The summed E-state index contributed by atoms with van der Waals surface area (Å²) in [6.45, 7) is 2.09. The highest BCUT2D eigenvalue weighted by Crippen LogP contribution is 2.18. The van der Waals surface area contributed by atoms with Crippen LogP contribution in [0.5, 0.6) is 0 Å². The van der Waals surface area contributed by atoms with Gasteiger partial charge >= 0.3 is 5.97 Å². The van der Waals surface area contributed by atoms with Gasteiger partial charge < -0.3 is 42.8 Å². The molecular formula is C20H33N9O5. The molecule has 3 amide bonds. The summed E-state index contributed by atoms with van der Waals surface area (Å²) >= 11 is 0. The average molecular weight is 480 g/mol. The summed E-state index contributed by atoms with van der Waals surface area (Å²) in [7, 11) is 0. The number of nitrogens with two attached hydrogens (primary N) is 3. The number of aromatic nitrogens is 2. The van der Waals surface area contributed by atoms with E-state index in [-0.39, 0.29) is 12.4 Å². The number of rotatable bonds is 12. The standard InChI is InChI=1S/C20H33N9O5/c1-11(18(32)29-7-3-5-15(29)19(33)34)27-17(31)14(8-12-9-24-10-26-12)28-16(30)13(21)4-2-6-25-20(22)23/h9-11,13-15H,2-8,21H2,1H3,(H,24,26)(H,27,31)(H,28,30)(H,33,34)(H4,22,23,25). The van der Waals surface area contributed by atoms with E-state index in [9.17, 15) is 24.3 Å². The molecule has 34 heavy (non-hydrogen) atoms. The number of carboxylic acid groups (broad SMARTS) is 1. The second-order valence-electron chi connectivity index (χ2n) is 8.16. The number of hydrogen-bond acceptors (Lipinski definition) is 7. The summed E-state index contributed by atoms with van der Waals surface area (Å²) in [6, 6.07) is -3.83. The van der Waals surface area contributed by atoms with Crippen LogP contribution in [-0.4, -0.2) is 86.9 Å². The fourth-order valence-electron chi connectivity index (χ4n) is 3.67. The highest BCUT2D eigenvalue weighted by atomic mass is 16.4. The molecule has 0 radical (unpaired) electrons. The van der Waals surface area contributed by atoms with Gasteiger partial charge in [-0.1, -0.05) is 0 Å². The van der Waals surface area contributed by atoms with Gasteiger partial charge in [0.15, 0.2) is 5.96 Å². The number of carbonyl (C=O) groups excluding carboxylic acids is 3. The lowest BCUT2D eigenvalue weighted by molar-refractivity contribution is -0.149. The van der Waals surface area contributed by atoms with Gasteiger partial charge in [0, 0.05) is 31.4 Å². The number of amides is 3. The normalized spacial score (nSPS) is 17.9. The molecule has 1 aromatic rings. The zero-order chi connectivity index (χ0) is 25.3.